The van der Waals surface area contributed by atoms with Gasteiger partial charge in [-0.3, -0.25) is 4.98 Å². The van der Waals surface area contributed by atoms with Crippen LogP contribution in [0.1, 0.15) is 18.5 Å². The predicted octanol–water partition coefficient (Wildman–Crippen LogP) is 1.47. The van der Waals surface area contributed by atoms with E-state index in [0.29, 0.717) is 5.82 Å². The Bertz CT molecular complexity index is 407. The summed E-state index contributed by atoms with van der Waals surface area (Å²) in [5.41, 5.74) is 6.91. The molecule has 2 heterocycles. The summed E-state index contributed by atoms with van der Waals surface area (Å²) in [6, 6.07) is 5.86. The smallest absolute Gasteiger partial charge is 0.122 e. The van der Waals surface area contributed by atoms with Gasteiger partial charge in [0.05, 0.1) is 12.2 Å². The lowest BCUT2D eigenvalue weighted by Crippen LogP contribution is -2.11. The standard InChI is InChI=1S/C10H12N4/c1-8(9-2-5-12-6-3-9)14-10(11)4-7-13-14/h2-8H,11H2,1H3/t8-/m0/s1. The molecule has 14 heavy (non-hydrogen) atoms. The van der Waals surface area contributed by atoms with E-state index in [4.69, 9.17) is 5.73 Å². The summed E-state index contributed by atoms with van der Waals surface area (Å²) in [5.74, 6) is 0.675. The topological polar surface area (TPSA) is 56.7 Å². The highest BCUT2D eigenvalue weighted by Crippen LogP contribution is 2.18. The van der Waals surface area contributed by atoms with Crippen LogP contribution in [0.4, 0.5) is 5.82 Å². The second-order valence-corrected chi connectivity index (χ2v) is 3.16. The zero-order valence-corrected chi connectivity index (χ0v) is 7.96. The lowest BCUT2D eigenvalue weighted by Gasteiger charge is -2.13. The first-order valence-corrected chi connectivity index (χ1v) is 4.48. The number of aromatic nitrogens is 3. The Balaban J connectivity index is 2.34. The zero-order valence-electron chi connectivity index (χ0n) is 7.96. The van der Waals surface area contributed by atoms with Crippen LogP contribution in [-0.4, -0.2) is 14.8 Å². The molecule has 2 aromatic rings. The second kappa shape index (κ2) is 3.49. The van der Waals surface area contributed by atoms with Crippen molar-refractivity contribution in [3.8, 4) is 0 Å². The van der Waals surface area contributed by atoms with Gasteiger partial charge in [0, 0.05) is 12.4 Å². The minimum atomic E-state index is 0.146. The predicted molar refractivity (Wildman–Crippen MR) is 54.7 cm³/mol. The maximum absolute atomic E-state index is 5.76. The third-order valence-corrected chi connectivity index (χ3v) is 2.26. The molecule has 0 aliphatic rings. The molecule has 4 heteroatoms. The zero-order chi connectivity index (χ0) is 9.97. The molecule has 0 fully saturated rings. The van der Waals surface area contributed by atoms with E-state index in [2.05, 4.69) is 17.0 Å². The molecule has 4 nitrogen and oxygen atoms in total. The van der Waals surface area contributed by atoms with Crippen LogP contribution in [0.5, 0.6) is 0 Å². The average molecular weight is 188 g/mol. The normalized spacial score (nSPS) is 12.6. The molecule has 2 N–H and O–H groups in total. The minimum absolute atomic E-state index is 0.146. The molecule has 0 saturated carbocycles. The Kier molecular flexibility index (Phi) is 2.18. The van der Waals surface area contributed by atoms with E-state index in [0.717, 1.165) is 5.56 Å². The van der Waals surface area contributed by atoms with Gasteiger partial charge in [-0.05, 0) is 30.7 Å². The third-order valence-electron chi connectivity index (χ3n) is 2.26. The monoisotopic (exact) mass is 188 g/mol. The van der Waals surface area contributed by atoms with Gasteiger partial charge in [-0.2, -0.15) is 5.10 Å². The summed E-state index contributed by atoms with van der Waals surface area (Å²) in [7, 11) is 0. The number of nitrogens with two attached hydrogens (primary N) is 1. The van der Waals surface area contributed by atoms with Gasteiger partial charge in [-0.15, -0.1) is 0 Å². The number of nitrogens with zero attached hydrogens (tertiary/aromatic N) is 3. The molecule has 0 aromatic carbocycles. The van der Waals surface area contributed by atoms with Crippen molar-refractivity contribution in [1.82, 2.24) is 14.8 Å². The van der Waals surface area contributed by atoms with Gasteiger partial charge in [0.2, 0.25) is 0 Å². The van der Waals surface area contributed by atoms with Crippen LogP contribution < -0.4 is 5.73 Å². The molecule has 72 valence electrons. The van der Waals surface area contributed by atoms with Gasteiger partial charge in [0.1, 0.15) is 5.82 Å². The Morgan fingerprint density at radius 1 is 1.21 bits per heavy atom. The van der Waals surface area contributed by atoms with Gasteiger partial charge in [0.25, 0.3) is 0 Å². The lowest BCUT2D eigenvalue weighted by atomic mass is 10.1. The van der Waals surface area contributed by atoms with Crippen LogP contribution in [0.3, 0.4) is 0 Å². The highest BCUT2D eigenvalue weighted by atomic mass is 15.3. The first-order valence-electron chi connectivity index (χ1n) is 4.48. The number of nitrogen functional groups attached to an aromatic ring is 1. The molecule has 2 aromatic heterocycles. The van der Waals surface area contributed by atoms with Crippen LogP contribution in [0, 0.1) is 0 Å². The molecule has 0 saturated heterocycles. The van der Waals surface area contributed by atoms with Gasteiger partial charge < -0.3 is 5.73 Å². The number of anilines is 1. The third kappa shape index (κ3) is 1.46. The quantitative estimate of drug-likeness (QED) is 0.776. The molecule has 0 bridgehead atoms. The van der Waals surface area contributed by atoms with Crippen molar-refractivity contribution in [3.63, 3.8) is 0 Å². The number of hydrogen-bond donors (Lipinski definition) is 1. The van der Waals surface area contributed by atoms with Crippen molar-refractivity contribution in [2.24, 2.45) is 0 Å². The van der Waals surface area contributed by atoms with Crippen LogP contribution in [0.2, 0.25) is 0 Å². The van der Waals surface area contributed by atoms with Crippen molar-refractivity contribution in [3.05, 3.63) is 42.4 Å². The van der Waals surface area contributed by atoms with Crippen LogP contribution in [0.15, 0.2) is 36.8 Å². The van der Waals surface area contributed by atoms with Gasteiger partial charge in [-0.1, -0.05) is 0 Å². The molecular weight excluding hydrogens is 176 g/mol. The summed E-state index contributed by atoms with van der Waals surface area (Å²) in [6.45, 7) is 2.05. The molecule has 0 spiro atoms. The molecule has 0 unspecified atom stereocenters. The second-order valence-electron chi connectivity index (χ2n) is 3.16. The maximum atomic E-state index is 5.76. The summed E-state index contributed by atoms with van der Waals surface area (Å²) in [6.07, 6.45) is 5.24. The SMILES string of the molecule is C[C@@H](c1ccncc1)n1nccc1N. The molecule has 0 aliphatic carbocycles. The van der Waals surface area contributed by atoms with E-state index >= 15 is 0 Å². The molecule has 1 atom stereocenters. The van der Waals surface area contributed by atoms with Crippen molar-refractivity contribution < 1.29 is 0 Å². The van der Waals surface area contributed by atoms with Crippen LogP contribution >= 0.6 is 0 Å². The number of rotatable bonds is 2. The lowest BCUT2D eigenvalue weighted by molar-refractivity contribution is 0.572. The fourth-order valence-electron chi connectivity index (χ4n) is 1.43. The highest BCUT2D eigenvalue weighted by Gasteiger charge is 2.09. The van der Waals surface area contributed by atoms with Crippen molar-refractivity contribution in [2.45, 2.75) is 13.0 Å². The fraction of sp³-hybridized carbons (Fsp3) is 0.200. The summed E-state index contributed by atoms with van der Waals surface area (Å²) in [5, 5.41) is 4.16. The molecule has 0 radical (unpaired) electrons. The molecule has 0 aliphatic heterocycles. The molecular formula is C10H12N4. The van der Waals surface area contributed by atoms with Gasteiger partial charge >= 0.3 is 0 Å². The summed E-state index contributed by atoms with van der Waals surface area (Å²) in [4.78, 5) is 3.97. The maximum Gasteiger partial charge on any atom is 0.122 e. The van der Waals surface area contributed by atoms with E-state index in [9.17, 15) is 0 Å². The van der Waals surface area contributed by atoms with E-state index in [1.54, 1.807) is 29.3 Å². The Morgan fingerprint density at radius 3 is 2.50 bits per heavy atom. The largest absolute Gasteiger partial charge is 0.384 e. The van der Waals surface area contributed by atoms with Crippen molar-refractivity contribution in [2.75, 3.05) is 5.73 Å². The summed E-state index contributed by atoms with van der Waals surface area (Å²) >= 11 is 0. The van der Waals surface area contributed by atoms with Gasteiger partial charge in [-0.25, -0.2) is 4.68 Å². The average Bonchev–Trinajstić information content (AvgIpc) is 2.65. The summed E-state index contributed by atoms with van der Waals surface area (Å²) < 4.78 is 1.79. The van der Waals surface area contributed by atoms with Crippen molar-refractivity contribution in [1.29, 1.82) is 0 Å². The van der Waals surface area contributed by atoms with Crippen LogP contribution in [-0.2, 0) is 0 Å². The Hall–Kier alpha value is -1.84. The Morgan fingerprint density at radius 2 is 1.93 bits per heavy atom. The van der Waals surface area contributed by atoms with E-state index in [1.165, 1.54) is 0 Å². The number of hydrogen-bond acceptors (Lipinski definition) is 3. The van der Waals surface area contributed by atoms with Gasteiger partial charge in [0.15, 0.2) is 0 Å². The minimum Gasteiger partial charge on any atom is -0.384 e. The fourth-order valence-corrected chi connectivity index (χ4v) is 1.43. The number of pyridine rings is 1. The molecule has 2 rings (SSSR count). The van der Waals surface area contributed by atoms with E-state index in [1.807, 2.05) is 12.1 Å². The van der Waals surface area contributed by atoms with E-state index < -0.39 is 0 Å². The first kappa shape index (κ1) is 8.74. The molecule has 0 amide bonds. The Labute approximate surface area is 82.4 Å². The first-order chi connectivity index (χ1) is 6.79. The van der Waals surface area contributed by atoms with Crippen molar-refractivity contribution >= 4 is 5.82 Å². The van der Waals surface area contributed by atoms with E-state index in [-0.39, 0.29) is 6.04 Å². The highest BCUT2D eigenvalue weighted by molar-refractivity contribution is 5.29. The van der Waals surface area contributed by atoms with Crippen LogP contribution in [0.25, 0.3) is 0 Å².